The molecule has 0 spiro atoms. The summed E-state index contributed by atoms with van der Waals surface area (Å²) < 4.78 is 9.81. The van der Waals surface area contributed by atoms with Gasteiger partial charge in [0.05, 0.1) is 0 Å². The highest BCUT2D eigenvalue weighted by Gasteiger charge is 1.93. The van der Waals surface area contributed by atoms with Crippen molar-refractivity contribution in [2.45, 2.75) is 0 Å². The van der Waals surface area contributed by atoms with Crippen LogP contribution in [0.3, 0.4) is 0 Å². The molecular weight excluding hydrogens is 322 g/mol. The van der Waals surface area contributed by atoms with Crippen molar-refractivity contribution in [3.8, 4) is 0 Å². The summed E-state index contributed by atoms with van der Waals surface area (Å²) in [7, 11) is 0. The molecule has 7 heteroatoms. The molecule has 0 aliphatic carbocycles. The van der Waals surface area contributed by atoms with Gasteiger partial charge in [-0.1, -0.05) is 36.4 Å². The van der Waals surface area contributed by atoms with E-state index in [1.165, 1.54) is 17.0 Å². The van der Waals surface area contributed by atoms with Crippen LogP contribution < -0.4 is 11.3 Å². The Hall–Kier alpha value is -3.83. The van der Waals surface area contributed by atoms with Gasteiger partial charge in [0.15, 0.2) is 0 Å². The molecule has 0 radical (unpaired) electrons. The quantitative estimate of drug-likeness (QED) is 0.204. The smallest absolute Gasteiger partial charge is 0.336 e. The molecule has 0 amide bonds. The first-order chi connectivity index (χ1) is 12.1. The molecule has 2 aromatic heterocycles. The molecular formula is C18H12N3O4-. The van der Waals surface area contributed by atoms with Crippen molar-refractivity contribution in [1.29, 1.82) is 0 Å². The molecule has 4 aromatic rings. The number of para-hydroxylation sites is 2. The van der Waals surface area contributed by atoms with Gasteiger partial charge in [0.2, 0.25) is 0 Å². The SMILES string of the molecule is O=c1ccc2ccccc2o1.O=c1ccc2ccccc2o1.[N-]=[N+]=[N-]. The second kappa shape index (κ2) is 8.71. The van der Waals surface area contributed by atoms with Crippen LogP contribution in [-0.2, 0) is 0 Å². The van der Waals surface area contributed by atoms with Crippen LogP contribution in [0.1, 0.15) is 0 Å². The maximum Gasteiger partial charge on any atom is 0.336 e. The summed E-state index contributed by atoms with van der Waals surface area (Å²) in [6.07, 6.45) is 0. The van der Waals surface area contributed by atoms with Crippen molar-refractivity contribution in [1.82, 2.24) is 0 Å². The van der Waals surface area contributed by atoms with Gasteiger partial charge in [-0.3, -0.25) is 4.91 Å². The molecule has 0 aliphatic rings. The summed E-state index contributed by atoms with van der Waals surface area (Å²) in [6.45, 7) is 0. The van der Waals surface area contributed by atoms with Gasteiger partial charge in [0.1, 0.15) is 11.2 Å². The van der Waals surface area contributed by atoms with Gasteiger partial charge in [0, 0.05) is 22.9 Å². The van der Waals surface area contributed by atoms with Crippen molar-refractivity contribution >= 4 is 21.9 Å². The maximum atomic E-state index is 10.7. The standard InChI is InChI=1S/2C9H6O2.N3/c2*10-9-6-5-7-3-1-2-4-8(7)11-9;1-3-2/h2*1-6H;/q;;-1. The van der Waals surface area contributed by atoms with E-state index in [1.807, 2.05) is 36.4 Å². The minimum atomic E-state index is -0.302. The fraction of sp³-hybridized carbons (Fsp3) is 0. The largest absolute Gasteiger partial charge is 0.423 e. The van der Waals surface area contributed by atoms with Crippen molar-refractivity contribution < 1.29 is 8.83 Å². The Bertz CT molecular complexity index is 1040. The zero-order valence-electron chi connectivity index (χ0n) is 12.9. The molecule has 0 N–H and O–H groups in total. The minimum absolute atomic E-state index is 0.302. The van der Waals surface area contributed by atoms with E-state index in [2.05, 4.69) is 0 Å². The molecule has 7 nitrogen and oxygen atoms in total. The molecule has 124 valence electrons. The number of hydrogen-bond donors (Lipinski definition) is 0. The lowest BCUT2D eigenvalue weighted by atomic mass is 10.2. The second-order valence-corrected chi connectivity index (χ2v) is 4.67. The molecule has 0 saturated heterocycles. The molecule has 0 unspecified atom stereocenters. The normalized spacial score (nSPS) is 9.28. The zero-order valence-corrected chi connectivity index (χ0v) is 12.9. The van der Waals surface area contributed by atoms with Crippen LogP contribution in [-0.4, -0.2) is 0 Å². The molecule has 0 fully saturated rings. The number of hydrogen-bond acceptors (Lipinski definition) is 4. The fourth-order valence-corrected chi connectivity index (χ4v) is 2.02. The summed E-state index contributed by atoms with van der Waals surface area (Å²) in [5.74, 6) is 0. The van der Waals surface area contributed by atoms with Gasteiger partial charge in [-0.05, 0) is 24.3 Å². The Kier molecular flexibility index (Phi) is 6.11. The van der Waals surface area contributed by atoms with E-state index in [4.69, 9.17) is 19.9 Å². The fourth-order valence-electron chi connectivity index (χ4n) is 2.02. The van der Waals surface area contributed by atoms with Gasteiger partial charge in [-0.25, -0.2) is 9.59 Å². The average Bonchev–Trinajstić information content (AvgIpc) is 2.63. The monoisotopic (exact) mass is 334 g/mol. The molecule has 25 heavy (non-hydrogen) atoms. The van der Waals surface area contributed by atoms with Crippen LogP contribution in [0.15, 0.2) is 91.2 Å². The van der Waals surface area contributed by atoms with E-state index in [-0.39, 0.29) is 11.3 Å². The minimum Gasteiger partial charge on any atom is -0.423 e. The average molecular weight is 334 g/mol. The summed E-state index contributed by atoms with van der Waals surface area (Å²) in [4.78, 5) is 22.9. The first-order valence-corrected chi connectivity index (χ1v) is 7.10. The van der Waals surface area contributed by atoms with Crippen LogP contribution >= 0.6 is 0 Å². The Morgan fingerprint density at radius 3 is 1.36 bits per heavy atom. The highest BCUT2D eigenvalue weighted by Crippen LogP contribution is 2.09. The van der Waals surface area contributed by atoms with Crippen LogP contribution in [0, 0.1) is 0 Å². The molecule has 0 saturated carbocycles. The summed E-state index contributed by atoms with van der Waals surface area (Å²) in [5.41, 5.74) is 14.2. The van der Waals surface area contributed by atoms with Gasteiger partial charge in [-0.2, -0.15) is 0 Å². The lowest BCUT2D eigenvalue weighted by molar-refractivity contribution is 0.560. The summed E-state index contributed by atoms with van der Waals surface area (Å²) in [6, 6.07) is 21.2. The molecule has 0 aliphatic heterocycles. The van der Waals surface area contributed by atoms with E-state index in [0.29, 0.717) is 11.2 Å². The van der Waals surface area contributed by atoms with Crippen LogP contribution in [0.5, 0.6) is 0 Å². The van der Waals surface area contributed by atoms with Gasteiger partial charge in [0.25, 0.3) is 0 Å². The number of fused-ring (bicyclic) bond motifs is 2. The highest BCUT2D eigenvalue weighted by molar-refractivity contribution is 5.76. The lowest BCUT2D eigenvalue weighted by Gasteiger charge is -1.91. The van der Waals surface area contributed by atoms with Crippen LogP contribution in [0.25, 0.3) is 37.9 Å². The third-order valence-electron chi connectivity index (χ3n) is 3.06. The van der Waals surface area contributed by atoms with Crippen molar-refractivity contribution in [2.24, 2.45) is 0 Å². The van der Waals surface area contributed by atoms with E-state index >= 15 is 0 Å². The third-order valence-corrected chi connectivity index (χ3v) is 3.06. The van der Waals surface area contributed by atoms with E-state index in [0.717, 1.165) is 10.8 Å². The third kappa shape index (κ3) is 5.09. The van der Waals surface area contributed by atoms with E-state index < -0.39 is 0 Å². The van der Waals surface area contributed by atoms with Crippen molar-refractivity contribution in [3.63, 3.8) is 0 Å². The predicted octanol–water partition coefficient (Wildman–Crippen LogP) is 4.45. The van der Waals surface area contributed by atoms with E-state index in [1.54, 1.807) is 24.3 Å². The Morgan fingerprint density at radius 2 is 0.960 bits per heavy atom. The summed E-state index contributed by atoms with van der Waals surface area (Å²) >= 11 is 0. The van der Waals surface area contributed by atoms with Crippen molar-refractivity contribution in [3.05, 3.63) is 110 Å². The number of benzene rings is 2. The topological polar surface area (TPSA) is 119 Å². The highest BCUT2D eigenvalue weighted by atomic mass is 16.4. The second-order valence-electron chi connectivity index (χ2n) is 4.67. The molecule has 2 heterocycles. The first kappa shape index (κ1) is 17.5. The maximum absolute atomic E-state index is 10.7. The molecule has 4 rings (SSSR count). The van der Waals surface area contributed by atoms with Crippen molar-refractivity contribution in [2.75, 3.05) is 0 Å². The van der Waals surface area contributed by atoms with Crippen LogP contribution in [0.4, 0.5) is 0 Å². The first-order valence-electron chi connectivity index (χ1n) is 7.10. The molecule has 0 atom stereocenters. The Balaban J connectivity index is 0.000000156. The zero-order chi connectivity index (χ0) is 18.1. The van der Waals surface area contributed by atoms with E-state index in [9.17, 15) is 9.59 Å². The van der Waals surface area contributed by atoms with Gasteiger partial charge >= 0.3 is 11.3 Å². The molecule has 0 bridgehead atoms. The summed E-state index contributed by atoms with van der Waals surface area (Å²) in [5, 5.41) is 1.90. The molecule has 2 aromatic carbocycles. The lowest BCUT2D eigenvalue weighted by Crippen LogP contribution is -1.93. The number of rotatable bonds is 0. The predicted molar refractivity (Wildman–Crippen MR) is 95.0 cm³/mol. The Morgan fingerprint density at radius 1 is 0.600 bits per heavy atom. The number of nitrogens with zero attached hydrogens (tertiary/aromatic N) is 3. The van der Waals surface area contributed by atoms with Gasteiger partial charge < -0.3 is 19.9 Å². The Labute approximate surface area is 141 Å². The van der Waals surface area contributed by atoms with Gasteiger partial charge in [-0.15, -0.1) is 0 Å². The van der Waals surface area contributed by atoms with Crippen LogP contribution in [0.2, 0.25) is 0 Å².